The maximum absolute atomic E-state index is 10.4. The van der Waals surface area contributed by atoms with Crippen molar-refractivity contribution < 1.29 is 4.79 Å². The lowest BCUT2D eigenvalue weighted by Crippen LogP contribution is -1.86. The van der Waals surface area contributed by atoms with Crippen LogP contribution in [0.2, 0.25) is 0 Å². The Kier molecular flexibility index (Phi) is 2.58. The third kappa shape index (κ3) is 1.43. The zero-order valence-electron chi connectivity index (χ0n) is 5.58. The Hall–Kier alpha value is -0.680. The van der Waals surface area contributed by atoms with Gasteiger partial charge in [-0.25, -0.2) is 0 Å². The number of rotatable bonds is 2. The second-order valence-corrected chi connectivity index (χ2v) is 2.43. The van der Waals surface area contributed by atoms with Crippen LogP contribution in [0, 0.1) is 0 Å². The molecule has 0 aliphatic carbocycles. The van der Waals surface area contributed by atoms with Gasteiger partial charge in [0.25, 0.3) is 0 Å². The largest absolute Gasteiger partial charge is 0.298 e. The van der Waals surface area contributed by atoms with Crippen molar-refractivity contribution in [2.24, 2.45) is 0 Å². The summed E-state index contributed by atoms with van der Waals surface area (Å²) in [5.74, 6) is 0. The van der Waals surface area contributed by atoms with Crippen molar-refractivity contribution in [2.45, 2.75) is 6.16 Å². The van der Waals surface area contributed by atoms with Crippen LogP contribution in [0.5, 0.6) is 0 Å². The average molecular weight is 152 g/mol. The summed E-state index contributed by atoms with van der Waals surface area (Å²) in [5.41, 5.74) is 1.88. The lowest BCUT2D eigenvalue weighted by atomic mass is 10.1. The van der Waals surface area contributed by atoms with Gasteiger partial charge in [0.05, 0.1) is 0 Å². The minimum atomic E-state index is 0.789. The summed E-state index contributed by atoms with van der Waals surface area (Å²) in [6.45, 7) is 0. The summed E-state index contributed by atoms with van der Waals surface area (Å²) in [6.07, 6.45) is 1.73. The van der Waals surface area contributed by atoms with Crippen LogP contribution in [0.25, 0.3) is 0 Å². The topological polar surface area (TPSA) is 17.1 Å². The molecule has 1 rings (SSSR count). The van der Waals surface area contributed by atoms with Gasteiger partial charge in [0.2, 0.25) is 0 Å². The third-order valence-corrected chi connectivity index (χ3v) is 1.84. The molecule has 0 fully saturated rings. The minimum absolute atomic E-state index is 0.789. The molecule has 0 radical (unpaired) electrons. The van der Waals surface area contributed by atoms with Crippen LogP contribution in [-0.4, -0.2) is 6.29 Å². The van der Waals surface area contributed by atoms with Crippen molar-refractivity contribution in [1.82, 2.24) is 0 Å². The van der Waals surface area contributed by atoms with Gasteiger partial charge in [0, 0.05) is 5.56 Å². The molecule has 10 heavy (non-hydrogen) atoms. The molecule has 1 atom stereocenters. The van der Waals surface area contributed by atoms with Crippen LogP contribution >= 0.6 is 9.24 Å². The van der Waals surface area contributed by atoms with E-state index in [0.717, 1.165) is 23.6 Å². The van der Waals surface area contributed by atoms with Crippen molar-refractivity contribution in [1.29, 1.82) is 0 Å². The number of benzene rings is 1. The average Bonchev–Trinajstić information content (AvgIpc) is 2.04. The summed E-state index contributed by atoms with van der Waals surface area (Å²) >= 11 is 0. The van der Waals surface area contributed by atoms with E-state index in [0.29, 0.717) is 0 Å². The standard InChI is InChI=1S/C8H9OP/c9-5-7-3-1-2-4-8(7)6-10/h1-5H,6,10H2. The van der Waals surface area contributed by atoms with E-state index in [1.807, 2.05) is 24.3 Å². The fraction of sp³-hybridized carbons (Fsp3) is 0.125. The van der Waals surface area contributed by atoms with Crippen molar-refractivity contribution in [3.8, 4) is 0 Å². The Morgan fingerprint density at radius 1 is 1.40 bits per heavy atom. The Labute approximate surface area is 62.7 Å². The highest BCUT2D eigenvalue weighted by molar-refractivity contribution is 7.15. The molecule has 0 aromatic heterocycles. The van der Waals surface area contributed by atoms with Gasteiger partial charge in [-0.3, -0.25) is 4.79 Å². The van der Waals surface area contributed by atoms with Crippen LogP contribution in [0.4, 0.5) is 0 Å². The Morgan fingerprint density at radius 2 is 2.10 bits per heavy atom. The summed E-state index contributed by atoms with van der Waals surface area (Å²) in [5, 5.41) is 0. The Balaban J connectivity index is 3.08. The molecule has 0 saturated heterocycles. The van der Waals surface area contributed by atoms with Crippen LogP contribution in [-0.2, 0) is 6.16 Å². The van der Waals surface area contributed by atoms with Gasteiger partial charge in [0.15, 0.2) is 0 Å². The van der Waals surface area contributed by atoms with Crippen molar-refractivity contribution in [3.63, 3.8) is 0 Å². The van der Waals surface area contributed by atoms with Gasteiger partial charge in [-0.1, -0.05) is 24.3 Å². The lowest BCUT2D eigenvalue weighted by Gasteiger charge is -1.97. The van der Waals surface area contributed by atoms with E-state index in [2.05, 4.69) is 9.24 Å². The number of carbonyl (C=O) groups excluding carboxylic acids is 1. The zero-order chi connectivity index (χ0) is 7.40. The molecule has 0 N–H and O–H groups in total. The third-order valence-electron chi connectivity index (χ3n) is 1.40. The molecule has 0 saturated carbocycles. The van der Waals surface area contributed by atoms with E-state index in [1.54, 1.807) is 0 Å². The Morgan fingerprint density at radius 3 is 2.60 bits per heavy atom. The first-order chi connectivity index (χ1) is 4.88. The van der Waals surface area contributed by atoms with Gasteiger partial charge in [-0.05, 0) is 11.7 Å². The highest BCUT2D eigenvalue weighted by atomic mass is 31.0. The molecule has 52 valence electrons. The molecule has 0 amide bonds. The SMILES string of the molecule is O=Cc1ccccc1CP. The predicted molar refractivity (Wildman–Crippen MR) is 45.2 cm³/mol. The maximum Gasteiger partial charge on any atom is 0.150 e. The second-order valence-electron chi connectivity index (χ2n) is 2.02. The molecule has 0 bridgehead atoms. The number of carbonyl (C=O) groups is 1. The molecular formula is C8H9OP. The Bertz CT molecular complexity index is 232. The molecule has 1 aromatic carbocycles. The van der Waals surface area contributed by atoms with E-state index in [4.69, 9.17) is 0 Å². The van der Waals surface area contributed by atoms with Crippen molar-refractivity contribution >= 4 is 15.5 Å². The van der Waals surface area contributed by atoms with E-state index in [9.17, 15) is 4.79 Å². The van der Waals surface area contributed by atoms with E-state index in [1.165, 1.54) is 0 Å². The van der Waals surface area contributed by atoms with Crippen LogP contribution < -0.4 is 0 Å². The minimum Gasteiger partial charge on any atom is -0.298 e. The van der Waals surface area contributed by atoms with E-state index < -0.39 is 0 Å². The quantitative estimate of drug-likeness (QED) is 0.467. The second kappa shape index (κ2) is 3.48. The highest BCUT2D eigenvalue weighted by Gasteiger charge is 1.94. The normalized spacial score (nSPS) is 9.30. The first-order valence-electron chi connectivity index (χ1n) is 3.11. The first-order valence-corrected chi connectivity index (χ1v) is 3.93. The van der Waals surface area contributed by atoms with Crippen LogP contribution in [0.1, 0.15) is 15.9 Å². The molecular weight excluding hydrogens is 143 g/mol. The summed E-state index contributed by atoms with van der Waals surface area (Å²) < 4.78 is 0. The fourth-order valence-electron chi connectivity index (χ4n) is 0.835. The van der Waals surface area contributed by atoms with Gasteiger partial charge in [-0.2, -0.15) is 0 Å². The molecule has 0 spiro atoms. The molecule has 1 unspecified atom stereocenters. The summed E-state index contributed by atoms with van der Waals surface area (Å²) in [4.78, 5) is 10.4. The van der Waals surface area contributed by atoms with Crippen LogP contribution in [0.3, 0.4) is 0 Å². The van der Waals surface area contributed by atoms with Crippen molar-refractivity contribution in [2.75, 3.05) is 0 Å². The first kappa shape index (κ1) is 7.43. The van der Waals surface area contributed by atoms with Gasteiger partial charge in [0.1, 0.15) is 6.29 Å². The monoisotopic (exact) mass is 152 g/mol. The molecule has 1 nitrogen and oxygen atoms in total. The number of aldehydes is 1. The summed E-state index contributed by atoms with van der Waals surface area (Å²) in [6, 6.07) is 7.59. The van der Waals surface area contributed by atoms with Crippen LogP contribution in [0.15, 0.2) is 24.3 Å². The molecule has 1 aromatic rings. The van der Waals surface area contributed by atoms with E-state index >= 15 is 0 Å². The number of hydrogen-bond acceptors (Lipinski definition) is 1. The molecule has 0 heterocycles. The summed E-state index contributed by atoms with van der Waals surface area (Å²) in [7, 11) is 2.60. The van der Waals surface area contributed by atoms with Gasteiger partial charge >= 0.3 is 0 Å². The van der Waals surface area contributed by atoms with Gasteiger partial charge in [-0.15, -0.1) is 9.24 Å². The fourth-order valence-corrected chi connectivity index (χ4v) is 1.21. The van der Waals surface area contributed by atoms with Gasteiger partial charge < -0.3 is 0 Å². The highest BCUT2D eigenvalue weighted by Crippen LogP contribution is 2.09. The smallest absolute Gasteiger partial charge is 0.150 e. The number of hydrogen-bond donors (Lipinski definition) is 0. The van der Waals surface area contributed by atoms with Crippen molar-refractivity contribution in [3.05, 3.63) is 35.4 Å². The maximum atomic E-state index is 10.4. The predicted octanol–water partition coefficient (Wildman–Crippen LogP) is 1.87. The molecule has 0 aliphatic heterocycles. The molecule has 2 heteroatoms. The lowest BCUT2D eigenvalue weighted by molar-refractivity contribution is 0.112. The zero-order valence-corrected chi connectivity index (χ0v) is 6.73. The van der Waals surface area contributed by atoms with E-state index in [-0.39, 0.29) is 0 Å². The molecule has 0 aliphatic rings.